The molecule has 3 heterocycles. The molecule has 1 aromatic rings. The lowest BCUT2D eigenvalue weighted by Gasteiger charge is -2.32. The van der Waals surface area contributed by atoms with Gasteiger partial charge in [0.15, 0.2) is 6.61 Å². The van der Waals surface area contributed by atoms with Crippen molar-refractivity contribution in [1.29, 1.82) is 0 Å². The molecule has 0 saturated carbocycles. The number of hydrogen-bond acceptors (Lipinski definition) is 7. The summed E-state index contributed by atoms with van der Waals surface area (Å²) < 4.78 is 42.4. The second-order valence-electron chi connectivity index (χ2n) is 7.49. The molecule has 1 saturated heterocycles. The molecule has 174 valence electrons. The highest BCUT2D eigenvalue weighted by Gasteiger charge is 2.38. The molecule has 2 amide bonds. The number of aliphatic imine (C=N–C) groups is 1. The van der Waals surface area contributed by atoms with E-state index < -0.39 is 30.3 Å². The van der Waals surface area contributed by atoms with E-state index >= 15 is 0 Å². The predicted molar refractivity (Wildman–Crippen MR) is 111 cm³/mol. The van der Waals surface area contributed by atoms with Crippen LogP contribution < -0.4 is 25.6 Å². The molecule has 12 heteroatoms. The fraction of sp³-hybridized carbons (Fsp3) is 0.500. The second kappa shape index (κ2) is 9.88. The van der Waals surface area contributed by atoms with Crippen LogP contribution in [0, 0.1) is 0 Å². The zero-order valence-corrected chi connectivity index (χ0v) is 17.5. The van der Waals surface area contributed by atoms with E-state index in [9.17, 15) is 22.8 Å². The van der Waals surface area contributed by atoms with Gasteiger partial charge in [0.1, 0.15) is 5.82 Å². The topological polar surface area (TPSA) is 108 Å². The highest BCUT2D eigenvalue weighted by Crippen LogP contribution is 2.26. The number of rotatable bonds is 7. The lowest BCUT2D eigenvalue weighted by Crippen LogP contribution is -2.67. The SMILES string of the molecule is CC(=O)NC1(C(=O)NCc2ccc(OCC(F)(F)F)nc2N2CCCCC2)C=NC=CN1. The summed E-state index contributed by atoms with van der Waals surface area (Å²) >= 11 is 0. The molecule has 2 aliphatic rings. The molecule has 0 aromatic carbocycles. The first-order valence-corrected chi connectivity index (χ1v) is 10.2. The molecule has 2 aliphatic heterocycles. The molecule has 1 aromatic heterocycles. The van der Waals surface area contributed by atoms with Gasteiger partial charge in [-0.25, -0.2) is 0 Å². The normalized spacial score (nSPS) is 20.4. The first-order chi connectivity index (χ1) is 15.2. The minimum absolute atomic E-state index is 0.0395. The molecule has 9 nitrogen and oxygen atoms in total. The van der Waals surface area contributed by atoms with Gasteiger partial charge in [-0.2, -0.15) is 18.2 Å². The molecule has 0 aliphatic carbocycles. The first-order valence-electron chi connectivity index (χ1n) is 10.2. The van der Waals surface area contributed by atoms with Crippen LogP contribution in [-0.2, 0) is 16.1 Å². The van der Waals surface area contributed by atoms with Gasteiger partial charge in [-0.05, 0) is 25.3 Å². The number of halogens is 3. The molecule has 1 unspecified atom stereocenters. The van der Waals surface area contributed by atoms with Crippen LogP contribution in [0.5, 0.6) is 5.88 Å². The van der Waals surface area contributed by atoms with Crippen LogP contribution in [0.2, 0.25) is 0 Å². The maximum atomic E-state index is 12.9. The highest BCUT2D eigenvalue weighted by molar-refractivity contribution is 6.06. The average molecular weight is 454 g/mol. The third-order valence-corrected chi connectivity index (χ3v) is 4.88. The fourth-order valence-corrected chi connectivity index (χ4v) is 3.46. The summed E-state index contributed by atoms with van der Waals surface area (Å²) in [4.78, 5) is 34.7. The summed E-state index contributed by atoms with van der Waals surface area (Å²) in [5, 5.41) is 8.07. The molecule has 1 atom stereocenters. The Morgan fingerprint density at radius 2 is 2.00 bits per heavy atom. The summed E-state index contributed by atoms with van der Waals surface area (Å²) in [5.41, 5.74) is -0.935. The minimum Gasteiger partial charge on any atom is -0.468 e. The number of ether oxygens (including phenoxy) is 1. The molecular weight excluding hydrogens is 429 g/mol. The van der Waals surface area contributed by atoms with E-state index in [1.165, 1.54) is 31.6 Å². The van der Waals surface area contributed by atoms with Crippen molar-refractivity contribution < 1.29 is 27.5 Å². The Morgan fingerprint density at radius 3 is 2.62 bits per heavy atom. The summed E-state index contributed by atoms with van der Waals surface area (Å²) in [7, 11) is 0. The van der Waals surface area contributed by atoms with Crippen LogP contribution in [-0.4, -0.2) is 54.5 Å². The van der Waals surface area contributed by atoms with E-state index in [4.69, 9.17) is 4.74 Å². The van der Waals surface area contributed by atoms with E-state index in [0.29, 0.717) is 24.5 Å². The number of piperidine rings is 1. The number of carbonyl (C=O) groups is 2. The third kappa shape index (κ3) is 6.11. The number of nitrogens with one attached hydrogen (secondary N) is 3. The van der Waals surface area contributed by atoms with Gasteiger partial charge < -0.3 is 25.6 Å². The lowest BCUT2D eigenvalue weighted by molar-refractivity contribution is -0.154. The van der Waals surface area contributed by atoms with Crippen molar-refractivity contribution in [2.75, 3.05) is 24.6 Å². The number of alkyl halides is 3. The van der Waals surface area contributed by atoms with Crippen LogP contribution in [0.1, 0.15) is 31.7 Å². The largest absolute Gasteiger partial charge is 0.468 e. The van der Waals surface area contributed by atoms with Crippen molar-refractivity contribution in [2.24, 2.45) is 4.99 Å². The Morgan fingerprint density at radius 1 is 1.25 bits per heavy atom. The van der Waals surface area contributed by atoms with Crippen LogP contribution in [0.25, 0.3) is 0 Å². The van der Waals surface area contributed by atoms with E-state index in [1.807, 2.05) is 4.90 Å². The standard InChI is InChI=1S/C20H25F3N6O3/c1-14(30)28-19(12-24-7-8-26-19)18(31)25-11-15-5-6-16(32-13-20(21,22)23)27-17(15)29-9-3-2-4-10-29/h5-8,12,26H,2-4,9-11,13H2,1H3,(H,25,31)(H,28,30). The highest BCUT2D eigenvalue weighted by atomic mass is 19.4. The van der Waals surface area contributed by atoms with Gasteiger partial charge in [0.2, 0.25) is 17.5 Å². The molecule has 3 rings (SSSR count). The number of anilines is 1. The number of nitrogens with zero attached hydrogens (tertiary/aromatic N) is 3. The lowest BCUT2D eigenvalue weighted by atomic mass is 10.1. The van der Waals surface area contributed by atoms with Crippen molar-refractivity contribution in [3.8, 4) is 5.88 Å². The fourth-order valence-electron chi connectivity index (χ4n) is 3.46. The smallest absolute Gasteiger partial charge is 0.422 e. The monoisotopic (exact) mass is 454 g/mol. The maximum Gasteiger partial charge on any atom is 0.422 e. The quantitative estimate of drug-likeness (QED) is 0.578. The molecular formula is C20H25F3N6O3. The van der Waals surface area contributed by atoms with Crippen molar-refractivity contribution >= 4 is 23.8 Å². The van der Waals surface area contributed by atoms with Gasteiger partial charge >= 0.3 is 6.18 Å². The van der Waals surface area contributed by atoms with Crippen molar-refractivity contribution in [3.05, 3.63) is 30.1 Å². The van der Waals surface area contributed by atoms with Crippen LogP contribution in [0.15, 0.2) is 29.5 Å². The zero-order valence-electron chi connectivity index (χ0n) is 17.5. The molecule has 0 spiro atoms. The van der Waals surface area contributed by atoms with E-state index in [1.54, 1.807) is 6.07 Å². The van der Waals surface area contributed by atoms with Gasteiger partial charge in [-0.15, -0.1) is 0 Å². The molecule has 3 N–H and O–H groups in total. The van der Waals surface area contributed by atoms with Gasteiger partial charge in [-0.1, -0.05) is 0 Å². The summed E-state index contributed by atoms with van der Waals surface area (Å²) in [6.07, 6.45) is 2.60. The van der Waals surface area contributed by atoms with E-state index in [2.05, 4.69) is 25.9 Å². The Bertz CT molecular complexity index is 899. The van der Waals surface area contributed by atoms with Gasteiger partial charge in [-0.3, -0.25) is 14.6 Å². The molecule has 0 bridgehead atoms. The molecule has 0 radical (unpaired) electrons. The van der Waals surface area contributed by atoms with Crippen molar-refractivity contribution in [2.45, 2.75) is 44.6 Å². The second-order valence-corrected chi connectivity index (χ2v) is 7.49. The van der Waals surface area contributed by atoms with Crippen molar-refractivity contribution in [1.82, 2.24) is 20.9 Å². The Labute approximate surface area is 183 Å². The predicted octanol–water partition coefficient (Wildman–Crippen LogP) is 1.61. The van der Waals surface area contributed by atoms with Gasteiger partial charge in [0.25, 0.3) is 5.91 Å². The summed E-state index contributed by atoms with van der Waals surface area (Å²) in [6, 6.07) is 2.92. The number of amides is 2. The Kier molecular flexibility index (Phi) is 7.21. The third-order valence-electron chi connectivity index (χ3n) is 4.88. The van der Waals surface area contributed by atoms with Crippen molar-refractivity contribution in [3.63, 3.8) is 0 Å². The Balaban J connectivity index is 1.78. The zero-order chi connectivity index (χ0) is 23.2. The van der Waals surface area contributed by atoms with E-state index in [0.717, 1.165) is 19.3 Å². The minimum atomic E-state index is -4.47. The van der Waals surface area contributed by atoms with Crippen LogP contribution in [0.4, 0.5) is 19.0 Å². The number of aromatic nitrogens is 1. The maximum absolute atomic E-state index is 12.9. The summed E-state index contributed by atoms with van der Waals surface area (Å²) in [6.45, 7) is 1.28. The van der Waals surface area contributed by atoms with Gasteiger partial charge in [0, 0.05) is 50.6 Å². The van der Waals surface area contributed by atoms with Gasteiger partial charge in [0.05, 0.1) is 6.21 Å². The number of carbonyl (C=O) groups excluding carboxylic acids is 2. The Hall–Kier alpha value is -3.31. The number of hydrogen-bond donors (Lipinski definition) is 3. The molecule has 32 heavy (non-hydrogen) atoms. The van der Waals surface area contributed by atoms with E-state index in [-0.39, 0.29) is 12.4 Å². The summed E-state index contributed by atoms with van der Waals surface area (Å²) in [5.74, 6) is -0.665. The van der Waals surface area contributed by atoms with Crippen LogP contribution >= 0.6 is 0 Å². The number of pyridine rings is 1. The first kappa shape index (κ1) is 23.4. The molecule has 1 fully saturated rings. The van der Waals surface area contributed by atoms with Crippen LogP contribution in [0.3, 0.4) is 0 Å². The average Bonchev–Trinajstić information content (AvgIpc) is 2.76.